The number of morpholine rings is 1. The van der Waals surface area contributed by atoms with Crippen molar-refractivity contribution in [2.75, 3.05) is 46.4 Å². The molecule has 4 nitrogen and oxygen atoms in total. The topological polar surface area (TPSA) is 35.9 Å². The first-order valence-corrected chi connectivity index (χ1v) is 4.99. The van der Waals surface area contributed by atoms with E-state index < -0.39 is 0 Å². The molecule has 2 aliphatic heterocycles. The molecule has 0 aromatic rings. The zero-order valence-electron chi connectivity index (χ0n) is 8.41. The predicted molar refractivity (Wildman–Crippen MR) is 50.9 cm³/mol. The molecule has 0 amide bonds. The number of hydroxylamine groups is 2. The van der Waals surface area contributed by atoms with Gasteiger partial charge < -0.3 is 14.8 Å². The van der Waals surface area contributed by atoms with Gasteiger partial charge in [0.2, 0.25) is 0 Å². The highest BCUT2D eigenvalue weighted by Gasteiger charge is 2.04. The van der Waals surface area contributed by atoms with Crippen LogP contribution in [0.1, 0.15) is 12.8 Å². The number of hydrogen-bond acceptors (Lipinski definition) is 4. The third-order valence-electron chi connectivity index (χ3n) is 2.32. The van der Waals surface area contributed by atoms with Crippen LogP contribution >= 0.6 is 0 Å². The lowest BCUT2D eigenvalue weighted by atomic mass is 10.4. The minimum atomic E-state index is 0.653. The van der Waals surface area contributed by atoms with Crippen molar-refractivity contribution in [2.45, 2.75) is 12.8 Å². The molecule has 13 heavy (non-hydrogen) atoms. The Kier molecular flexibility index (Phi) is 5.31. The van der Waals surface area contributed by atoms with E-state index in [2.05, 4.69) is 11.9 Å². The number of hydrogen-bond donors (Lipinski definition) is 1. The minimum absolute atomic E-state index is 0.653. The molecule has 0 aromatic carbocycles. The van der Waals surface area contributed by atoms with Gasteiger partial charge in [0.15, 0.2) is 0 Å². The highest BCUT2D eigenvalue weighted by Crippen LogP contribution is 2.02. The van der Waals surface area contributed by atoms with Crippen LogP contribution in [0.3, 0.4) is 0 Å². The second-order valence-corrected chi connectivity index (χ2v) is 3.58. The van der Waals surface area contributed by atoms with Crippen molar-refractivity contribution in [3.63, 3.8) is 0 Å². The lowest BCUT2D eigenvalue weighted by Gasteiger charge is -2.19. The summed E-state index contributed by atoms with van der Waals surface area (Å²) < 4.78 is 4.94. The van der Waals surface area contributed by atoms with E-state index in [1.54, 1.807) is 0 Å². The lowest BCUT2D eigenvalue weighted by molar-refractivity contribution is -0.143. The van der Waals surface area contributed by atoms with Gasteiger partial charge >= 0.3 is 0 Å². The predicted octanol–water partition coefficient (Wildman–Crippen LogP) is 0.420. The first kappa shape index (κ1) is 10.9. The third-order valence-corrected chi connectivity index (χ3v) is 2.32. The number of ether oxygens (including phenoxy) is 1. The van der Waals surface area contributed by atoms with Crippen LogP contribution in [-0.2, 0) is 4.74 Å². The summed E-state index contributed by atoms with van der Waals surface area (Å²) in [5.41, 5.74) is 0. The van der Waals surface area contributed by atoms with Gasteiger partial charge in [-0.15, -0.1) is 0 Å². The Morgan fingerprint density at radius 3 is 1.77 bits per heavy atom. The normalized spacial score (nSPS) is 25.4. The summed E-state index contributed by atoms with van der Waals surface area (Å²) in [5, 5.41) is 9.93. The molecule has 0 atom stereocenters. The van der Waals surface area contributed by atoms with Crippen LogP contribution in [0.2, 0.25) is 0 Å². The molecule has 4 heteroatoms. The summed E-state index contributed by atoms with van der Waals surface area (Å²) in [4.78, 5) is 2.36. The highest BCUT2D eigenvalue weighted by molar-refractivity contribution is 4.59. The van der Waals surface area contributed by atoms with E-state index >= 15 is 0 Å². The Balaban J connectivity index is 0.000000132. The molecule has 0 saturated carbocycles. The van der Waals surface area contributed by atoms with Gasteiger partial charge in [0.05, 0.1) is 13.2 Å². The van der Waals surface area contributed by atoms with Crippen molar-refractivity contribution in [2.24, 2.45) is 0 Å². The first-order chi connectivity index (χ1) is 6.29. The smallest absolute Gasteiger partial charge is 0.0617 e. The number of nitrogens with zero attached hydrogens (tertiary/aromatic N) is 2. The molecule has 1 N–H and O–H groups in total. The molecular weight excluding hydrogens is 168 g/mol. The van der Waals surface area contributed by atoms with Gasteiger partial charge in [0.25, 0.3) is 0 Å². The molecule has 2 saturated heterocycles. The molecule has 0 radical (unpaired) electrons. The molecule has 0 unspecified atom stereocenters. The third kappa shape index (κ3) is 5.21. The maximum absolute atomic E-state index is 8.66. The molecule has 2 heterocycles. The van der Waals surface area contributed by atoms with Crippen LogP contribution in [0.15, 0.2) is 0 Å². The van der Waals surface area contributed by atoms with E-state index in [0.717, 1.165) is 0 Å². The molecule has 2 fully saturated rings. The van der Waals surface area contributed by atoms with Gasteiger partial charge in [0, 0.05) is 13.1 Å². The van der Waals surface area contributed by atoms with Crippen LogP contribution in [0, 0.1) is 0 Å². The molecule has 0 spiro atoms. The van der Waals surface area contributed by atoms with Crippen molar-refractivity contribution >= 4 is 0 Å². The maximum atomic E-state index is 8.66. The molecule has 78 valence electrons. The second-order valence-electron chi connectivity index (χ2n) is 3.58. The molecule has 2 rings (SSSR count). The zero-order valence-corrected chi connectivity index (χ0v) is 8.41. The van der Waals surface area contributed by atoms with E-state index in [4.69, 9.17) is 9.94 Å². The van der Waals surface area contributed by atoms with E-state index in [9.17, 15) is 0 Å². The fraction of sp³-hybridized carbons (Fsp3) is 1.00. The van der Waals surface area contributed by atoms with Gasteiger partial charge in [-0.3, -0.25) is 0 Å². The molecule has 2 aliphatic rings. The minimum Gasteiger partial charge on any atom is -0.379 e. The molecule has 0 aromatic heterocycles. The van der Waals surface area contributed by atoms with Gasteiger partial charge in [-0.2, -0.15) is 5.06 Å². The van der Waals surface area contributed by atoms with E-state index in [1.165, 1.54) is 31.0 Å². The quantitative estimate of drug-likeness (QED) is 0.597. The molecule has 0 bridgehead atoms. The fourth-order valence-electron chi connectivity index (χ4n) is 1.43. The van der Waals surface area contributed by atoms with E-state index in [0.29, 0.717) is 26.3 Å². The summed E-state index contributed by atoms with van der Waals surface area (Å²) in [6.07, 6.45) is 2.83. The fourth-order valence-corrected chi connectivity index (χ4v) is 1.43. The Morgan fingerprint density at radius 2 is 1.54 bits per heavy atom. The average Bonchev–Trinajstić information content (AvgIpc) is 2.58. The van der Waals surface area contributed by atoms with Gasteiger partial charge in [-0.1, -0.05) is 0 Å². The van der Waals surface area contributed by atoms with Crippen molar-refractivity contribution in [3.05, 3.63) is 0 Å². The molecular formula is C9H20N2O2. The Bertz CT molecular complexity index is 121. The largest absolute Gasteiger partial charge is 0.379 e. The van der Waals surface area contributed by atoms with E-state index in [1.807, 2.05) is 0 Å². The molecule has 0 aliphatic carbocycles. The standard InChI is InChI=1S/C5H11N.C4H9NO2/c1-6-4-2-3-5-6;6-5-1-3-7-4-2-5/h2-5H2,1H3;6H,1-4H2. The van der Waals surface area contributed by atoms with Crippen LogP contribution < -0.4 is 0 Å². The van der Waals surface area contributed by atoms with Crippen LogP contribution in [0.4, 0.5) is 0 Å². The monoisotopic (exact) mass is 188 g/mol. The van der Waals surface area contributed by atoms with Crippen molar-refractivity contribution < 1.29 is 9.94 Å². The van der Waals surface area contributed by atoms with Crippen LogP contribution in [-0.4, -0.2) is 61.6 Å². The maximum Gasteiger partial charge on any atom is 0.0617 e. The van der Waals surface area contributed by atoms with Gasteiger partial charge in [-0.25, -0.2) is 0 Å². The Hall–Kier alpha value is -0.160. The summed E-state index contributed by atoms with van der Waals surface area (Å²) in [7, 11) is 2.17. The Morgan fingerprint density at radius 1 is 1.00 bits per heavy atom. The highest BCUT2D eigenvalue weighted by atomic mass is 16.5. The number of likely N-dealkylation sites (tertiary alicyclic amines) is 1. The summed E-state index contributed by atoms with van der Waals surface area (Å²) in [6, 6.07) is 0. The first-order valence-electron chi connectivity index (χ1n) is 4.99. The van der Waals surface area contributed by atoms with Gasteiger partial charge in [0.1, 0.15) is 0 Å². The van der Waals surface area contributed by atoms with E-state index in [-0.39, 0.29) is 0 Å². The number of rotatable bonds is 0. The second kappa shape index (κ2) is 6.32. The van der Waals surface area contributed by atoms with Crippen molar-refractivity contribution in [3.8, 4) is 0 Å². The summed E-state index contributed by atoms with van der Waals surface area (Å²) in [5.74, 6) is 0. The average molecular weight is 188 g/mol. The van der Waals surface area contributed by atoms with Gasteiger partial charge in [-0.05, 0) is 33.0 Å². The summed E-state index contributed by atoms with van der Waals surface area (Å²) in [6.45, 7) is 5.27. The van der Waals surface area contributed by atoms with Crippen LogP contribution in [0.5, 0.6) is 0 Å². The van der Waals surface area contributed by atoms with Crippen molar-refractivity contribution in [1.29, 1.82) is 0 Å². The zero-order chi connectivity index (χ0) is 9.52. The SMILES string of the molecule is CN1CCCC1.ON1CCOCC1. The van der Waals surface area contributed by atoms with Crippen molar-refractivity contribution in [1.82, 2.24) is 9.96 Å². The lowest BCUT2D eigenvalue weighted by Crippen LogP contribution is -2.33. The summed E-state index contributed by atoms with van der Waals surface area (Å²) >= 11 is 0. The Labute approximate surface area is 80.0 Å². The van der Waals surface area contributed by atoms with Crippen LogP contribution in [0.25, 0.3) is 0 Å².